The van der Waals surface area contributed by atoms with Crippen molar-refractivity contribution in [2.75, 3.05) is 17.6 Å². The Bertz CT molecular complexity index is 932. The molecule has 2 heterocycles. The molecule has 0 saturated carbocycles. The van der Waals surface area contributed by atoms with Gasteiger partial charge in [0.05, 0.1) is 6.20 Å². The predicted octanol–water partition coefficient (Wildman–Crippen LogP) is 2.78. The summed E-state index contributed by atoms with van der Waals surface area (Å²) in [7, 11) is 0. The van der Waals surface area contributed by atoms with Crippen molar-refractivity contribution in [1.82, 2.24) is 20.3 Å². The molecule has 8 nitrogen and oxygen atoms in total. The molecule has 0 bridgehead atoms. The van der Waals surface area contributed by atoms with E-state index < -0.39 is 0 Å². The molecule has 0 aliphatic heterocycles. The maximum absolute atomic E-state index is 12.3. The number of amides is 1. The monoisotopic (exact) mass is 392 g/mol. The summed E-state index contributed by atoms with van der Waals surface area (Å²) in [5.74, 6) is 0.882. The van der Waals surface area contributed by atoms with Crippen molar-refractivity contribution in [3.8, 4) is 5.88 Å². The van der Waals surface area contributed by atoms with Crippen LogP contribution < -0.4 is 21.1 Å². The lowest BCUT2D eigenvalue weighted by atomic mass is 10.1. The molecule has 8 heteroatoms. The predicted molar refractivity (Wildman–Crippen MR) is 111 cm³/mol. The highest BCUT2D eigenvalue weighted by Crippen LogP contribution is 2.12. The van der Waals surface area contributed by atoms with Crippen molar-refractivity contribution in [2.24, 2.45) is 0 Å². The van der Waals surface area contributed by atoms with Crippen LogP contribution in [0.1, 0.15) is 35.0 Å². The number of hydrogen-bond donors (Lipinski definition) is 3. The van der Waals surface area contributed by atoms with Crippen molar-refractivity contribution in [3.05, 3.63) is 71.7 Å². The Labute approximate surface area is 169 Å². The minimum atomic E-state index is -0.361. The first-order valence-corrected chi connectivity index (χ1v) is 9.42. The SMILES string of the molecule is CCCNc1cnc(C(=O)NCc2ccc(COc3ccccn3)cc2)c(N)n1. The molecular formula is C21H24N6O2. The van der Waals surface area contributed by atoms with Gasteiger partial charge in [-0.25, -0.2) is 15.0 Å². The largest absolute Gasteiger partial charge is 0.473 e. The van der Waals surface area contributed by atoms with E-state index in [4.69, 9.17) is 10.5 Å². The van der Waals surface area contributed by atoms with Crippen LogP contribution in [0.4, 0.5) is 11.6 Å². The first kappa shape index (κ1) is 20.1. The van der Waals surface area contributed by atoms with Crippen LogP contribution in [0.5, 0.6) is 5.88 Å². The molecule has 0 fully saturated rings. The second-order valence-electron chi connectivity index (χ2n) is 6.37. The topological polar surface area (TPSA) is 115 Å². The summed E-state index contributed by atoms with van der Waals surface area (Å²) in [4.78, 5) is 24.8. The summed E-state index contributed by atoms with van der Waals surface area (Å²) >= 11 is 0. The lowest BCUT2D eigenvalue weighted by Crippen LogP contribution is -2.25. The molecule has 0 unspecified atom stereocenters. The Morgan fingerprint density at radius 1 is 1.10 bits per heavy atom. The molecule has 0 radical (unpaired) electrons. The lowest BCUT2D eigenvalue weighted by Gasteiger charge is -2.09. The molecule has 3 aromatic rings. The first-order valence-electron chi connectivity index (χ1n) is 9.42. The number of benzene rings is 1. The van der Waals surface area contributed by atoms with E-state index >= 15 is 0 Å². The Balaban J connectivity index is 1.51. The van der Waals surface area contributed by atoms with Gasteiger partial charge in [0.25, 0.3) is 5.91 Å². The molecule has 0 aliphatic rings. The zero-order valence-corrected chi connectivity index (χ0v) is 16.3. The molecule has 0 atom stereocenters. The smallest absolute Gasteiger partial charge is 0.273 e. The third-order valence-corrected chi connectivity index (χ3v) is 4.07. The summed E-state index contributed by atoms with van der Waals surface area (Å²) in [6.07, 6.45) is 4.16. The zero-order valence-electron chi connectivity index (χ0n) is 16.3. The maximum Gasteiger partial charge on any atom is 0.273 e. The number of pyridine rings is 1. The minimum Gasteiger partial charge on any atom is -0.473 e. The standard InChI is InChI=1S/C21H24N6O2/c1-2-10-23-17-13-25-19(20(22)27-17)21(28)26-12-15-6-8-16(9-7-15)14-29-18-5-3-4-11-24-18/h3-9,11,13H,2,10,12,14H2,1H3,(H,26,28)(H3,22,23,27). The van der Waals surface area contributed by atoms with E-state index in [0.717, 1.165) is 24.1 Å². The van der Waals surface area contributed by atoms with E-state index in [1.807, 2.05) is 49.4 Å². The van der Waals surface area contributed by atoms with Crippen LogP contribution in [0.2, 0.25) is 0 Å². The van der Waals surface area contributed by atoms with Gasteiger partial charge in [0.1, 0.15) is 12.4 Å². The van der Waals surface area contributed by atoms with Crippen molar-refractivity contribution in [3.63, 3.8) is 0 Å². The molecule has 2 aromatic heterocycles. The van der Waals surface area contributed by atoms with Crippen molar-refractivity contribution < 1.29 is 9.53 Å². The van der Waals surface area contributed by atoms with Crippen molar-refractivity contribution in [2.45, 2.75) is 26.5 Å². The van der Waals surface area contributed by atoms with Gasteiger partial charge in [0.15, 0.2) is 11.5 Å². The Morgan fingerprint density at radius 2 is 1.90 bits per heavy atom. The number of anilines is 2. The molecule has 1 amide bonds. The number of carbonyl (C=O) groups excluding carboxylic acids is 1. The second-order valence-corrected chi connectivity index (χ2v) is 6.37. The van der Waals surface area contributed by atoms with E-state index in [1.165, 1.54) is 6.20 Å². The molecule has 3 rings (SSSR count). The van der Waals surface area contributed by atoms with E-state index in [-0.39, 0.29) is 17.4 Å². The fourth-order valence-corrected chi connectivity index (χ4v) is 2.53. The average molecular weight is 392 g/mol. The molecule has 0 saturated heterocycles. The number of aromatic nitrogens is 3. The molecule has 0 spiro atoms. The third kappa shape index (κ3) is 5.90. The quantitative estimate of drug-likeness (QED) is 0.513. The summed E-state index contributed by atoms with van der Waals surface area (Å²) in [6.45, 7) is 3.60. The Hall–Kier alpha value is -3.68. The lowest BCUT2D eigenvalue weighted by molar-refractivity contribution is 0.0946. The van der Waals surface area contributed by atoms with E-state index in [0.29, 0.717) is 24.8 Å². The maximum atomic E-state index is 12.3. The van der Waals surface area contributed by atoms with E-state index in [1.54, 1.807) is 6.20 Å². The van der Waals surface area contributed by atoms with Crippen molar-refractivity contribution in [1.29, 1.82) is 0 Å². The van der Waals surface area contributed by atoms with Crippen LogP contribution in [0, 0.1) is 0 Å². The third-order valence-electron chi connectivity index (χ3n) is 4.07. The van der Waals surface area contributed by atoms with Gasteiger partial charge in [-0.2, -0.15) is 0 Å². The minimum absolute atomic E-state index is 0.102. The van der Waals surface area contributed by atoms with Gasteiger partial charge in [-0.15, -0.1) is 0 Å². The van der Waals surface area contributed by atoms with Gasteiger partial charge >= 0.3 is 0 Å². The summed E-state index contributed by atoms with van der Waals surface area (Å²) in [5.41, 5.74) is 7.95. The van der Waals surface area contributed by atoms with Crippen LogP contribution in [0.25, 0.3) is 0 Å². The zero-order chi connectivity index (χ0) is 20.5. The summed E-state index contributed by atoms with van der Waals surface area (Å²) in [6, 6.07) is 13.3. The second kappa shape index (κ2) is 10.0. The molecular weight excluding hydrogens is 368 g/mol. The van der Waals surface area contributed by atoms with Crippen LogP contribution in [0.15, 0.2) is 54.9 Å². The molecule has 150 valence electrons. The van der Waals surface area contributed by atoms with Crippen LogP contribution in [-0.2, 0) is 13.2 Å². The molecule has 29 heavy (non-hydrogen) atoms. The first-order chi connectivity index (χ1) is 14.2. The highest BCUT2D eigenvalue weighted by atomic mass is 16.5. The van der Waals surface area contributed by atoms with Gasteiger partial charge in [-0.05, 0) is 23.6 Å². The fraction of sp³-hybridized carbons (Fsp3) is 0.238. The number of rotatable bonds is 9. The van der Waals surface area contributed by atoms with Gasteiger partial charge in [0.2, 0.25) is 5.88 Å². The normalized spacial score (nSPS) is 10.4. The number of carbonyl (C=O) groups is 1. The number of ether oxygens (including phenoxy) is 1. The Kier molecular flexibility index (Phi) is 6.94. The van der Waals surface area contributed by atoms with E-state index in [2.05, 4.69) is 25.6 Å². The van der Waals surface area contributed by atoms with Crippen LogP contribution in [0.3, 0.4) is 0 Å². The van der Waals surface area contributed by atoms with Crippen LogP contribution in [-0.4, -0.2) is 27.4 Å². The summed E-state index contributed by atoms with van der Waals surface area (Å²) in [5, 5.41) is 5.90. The Morgan fingerprint density at radius 3 is 2.59 bits per heavy atom. The van der Waals surface area contributed by atoms with Crippen molar-refractivity contribution >= 4 is 17.5 Å². The van der Waals surface area contributed by atoms with E-state index in [9.17, 15) is 4.79 Å². The average Bonchev–Trinajstić information content (AvgIpc) is 2.76. The van der Waals surface area contributed by atoms with Gasteiger partial charge in [0, 0.05) is 25.4 Å². The number of nitrogen functional groups attached to an aromatic ring is 1. The molecule has 4 N–H and O–H groups in total. The highest BCUT2D eigenvalue weighted by molar-refractivity contribution is 5.96. The highest BCUT2D eigenvalue weighted by Gasteiger charge is 2.13. The van der Waals surface area contributed by atoms with Crippen LogP contribution >= 0.6 is 0 Å². The van der Waals surface area contributed by atoms with Gasteiger partial charge in [-0.1, -0.05) is 37.3 Å². The molecule has 0 aliphatic carbocycles. The number of hydrogen-bond acceptors (Lipinski definition) is 7. The van der Waals surface area contributed by atoms with Gasteiger partial charge in [-0.3, -0.25) is 4.79 Å². The van der Waals surface area contributed by atoms with Gasteiger partial charge < -0.3 is 21.1 Å². The fourth-order valence-electron chi connectivity index (χ4n) is 2.53. The number of nitrogens with two attached hydrogens (primary N) is 1. The summed E-state index contributed by atoms with van der Waals surface area (Å²) < 4.78 is 5.62. The number of nitrogens with zero attached hydrogens (tertiary/aromatic N) is 3. The number of nitrogens with one attached hydrogen (secondary N) is 2. The molecule has 1 aromatic carbocycles.